The fourth-order valence-corrected chi connectivity index (χ4v) is 4.79. The van der Waals surface area contributed by atoms with Gasteiger partial charge in [0.25, 0.3) is 11.9 Å². The van der Waals surface area contributed by atoms with Gasteiger partial charge >= 0.3 is 0 Å². The summed E-state index contributed by atoms with van der Waals surface area (Å²) in [6.07, 6.45) is 0. The van der Waals surface area contributed by atoms with Crippen molar-refractivity contribution in [3.63, 3.8) is 0 Å². The van der Waals surface area contributed by atoms with E-state index >= 15 is 0 Å². The number of nitriles is 7. The van der Waals surface area contributed by atoms with E-state index < -0.39 is 67.6 Å². The van der Waals surface area contributed by atoms with E-state index in [1.165, 1.54) is 0 Å². The normalized spacial score (nSPS) is 10.3. The van der Waals surface area contributed by atoms with Crippen LogP contribution in [0.5, 0.6) is 0 Å². The summed E-state index contributed by atoms with van der Waals surface area (Å²) in [7, 11) is 0. The van der Waals surface area contributed by atoms with Gasteiger partial charge in [-0.25, -0.2) is 34.7 Å². The molecule has 0 radical (unpaired) electrons. The van der Waals surface area contributed by atoms with E-state index in [9.17, 15) is 45.6 Å². The predicted octanol–water partition coefficient (Wildman–Crippen LogP) is 3.75. The first kappa shape index (κ1) is 26.2. The first-order chi connectivity index (χ1) is 21.3. The molecule has 3 heterocycles. The van der Waals surface area contributed by atoms with Crippen molar-refractivity contribution in [1.82, 2.24) is 29.9 Å². The zero-order valence-electron chi connectivity index (χ0n) is 21.0. The second kappa shape index (κ2) is 9.28. The number of rotatable bonds is 0. The SMILES string of the molecule is [C-]#[N+]c1c(C#N)c(C#N)c2nc3c4nc(F)c(F)nc4c4nc5c(C#N)c(C#N)c(C#N)c(C#N)c5nc4c3nc2c1C#N. The molecule has 0 N–H and O–H groups in total. The standard InChI is InChI=1S/C28F2N14/c1-38-16-13(6-35)14(7-36)19-20(15(16)8-37)42-22-21-23(25-26(24(22)41-19)44-28(30)27(29)43-25)40-18-12(5-34)10(3-32)9(2-31)11(4-33)17(18)39-21. The summed E-state index contributed by atoms with van der Waals surface area (Å²) >= 11 is 0. The summed E-state index contributed by atoms with van der Waals surface area (Å²) in [5.41, 5.74) is -7.06. The summed E-state index contributed by atoms with van der Waals surface area (Å²) in [5.74, 6) is -3.30. The number of hydrogen-bond donors (Lipinski definition) is 0. The molecule has 3 aromatic heterocycles. The van der Waals surface area contributed by atoms with Gasteiger partial charge in [0.05, 0.1) is 63.2 Å². The Kier molecular flexibility index (Phi) is 5.53. The molecular weight excluding hydrogens is 570 g/mol. The Morgan fingerprint density at radius 3 is 0.955 bits per heavy atom. The lowest BCUT2D eigenvalue weighted by Crippen LogP contribution is -2.06. The van der Waals surface area contributed by atoms with Crippen LogP contribution in [0.3, 0.4) is 0 Å². The third-order valence-electron chi connectivity index (χ3n) is 6.59. The minimum atomic E-state index is -1.65. The van der Waals surface area contributed by atoms with Crippen molar-refractivity contribution in [2.75, 3.05) is 0 Å². The Hall–Kier alpha value is -8.02. The summed E-state index contributed by atoms with van der Waals surface area (Å²) < 4.78 is 28.9. The molecule has 14 nitrogen and oxygen atoms in total. The number of nitrogens with zero attached hydrogens (tertiary/aromatic N) is 14. The van der Waals surface area contributed by atoms with Crippen LogP contribution in [0.1, 0.15) is 38.9 Å². The molecule has 0 spiro atoms. The fourth-order valence-electron chi connectivity index (χ4n) is 4.79. The Morgan fingerprint density at radius 1 is 0.386 bits per heavy atom. The molecule has 0 saturated heterocycles. The minimum Gasteiger partial charge on any atom is -0.242 e. The Labute approximate surface area is 241 Å². The van der Waals surface area contributed by atoms with Gasteiger partial charge in [0.2, 0.25) is 5.69 Å². The highest BCUT2D eigenvalue weighted by atomic mass is 19.2. The lowest BCUT2D eigenvalue weighted by Gasteiger charge is -2.13. The lowest BCUT2D eigenvalue weighted by atomic mass is 9.95. The largest absolute Gasteiger partial charge is 0.269 e. The van der Waals surface area contributed by atoms with E-state index in [0.29, 0.717) is 0 Å². The van der Waals surface area contributed by atoms with Crippen LogP contribution >= 0.6 is 0 Å². The summed E-state index contributed by atoms with van der Waals surface area (Å²) in [5, 5.41) is 68.6. The monoisotopic (exact) mass is 570 g/mol. The molecule has 0 aliphatic heterocycles. The van der Waals surface area contributed by atoms with E-state index in [1.54, 1.807) is 42.5 Å². The average Bonchev–Trinajstić information content (AvgIpc) is 3.05. The Balaban J connectivity index is 2.03. The van der Waals surface area contributed by atoms with Crippen molar-refractivity contribution < 1.29 is 8.78 Å². The van der Waals surface area contributed by atoms with E-state index in [2.05, 4.69) is 34.7 Å². The smallest absolute Gasteiger partial charge is 0.242 e. The molecule has 6 aromatic rings. The van der Waals surface area contributed by atoms with Gasteiger partial charge in [0.15, 0.2) is 0 Å². The van der Waals surface area contributed by atoms with Gasteiger partial charge in [-0.15, -0.1) is 0 Å². The van der Waals surface area contributed by atoms with Gasteiger partial charge in [-0.1, -0.05) is 0 Å². The minimum absolute atomic E-state index is 0.291. The molecule has 0 bridgehead atoms. The van der Waals surface area contributed by atoms with Gasteiger partial charge in [0.1, 0.15) is 80.0 Å². The highest BCUT2D eigenvalue weighted by Crippen LogP contribution is 2.38. The highest BCUT2D eigenvalue weighted by Gasteiger charge is 2.28. The van der Waals surface area contributed by atoms with Gasteiger partial charge in [-0.2, -0.15) is 45.6 Å². The summed E-state index contributed by atoms with van der Waals surface area (Å²) in [6, 6.07) is 12.2. The van der Waals surface area contributed by atoms with E-state index in [0.717, 1.165) is 0 Å². The van der Waals surface area contributed by atoms with Crippen molar-refractivity contribution in [2.45, 2.75) is 0 Å². The van der Waals surface area contributed by atoms with Crippen LogP contribution in [-0.2, 0) is 0 Å². The van der Waals surface area contributed by atoms with Crippen molar-refractivity contribution in [3.8, 4) is 42.5 Å². The summed E-state index contributed by atoms with van der Waals surface area (Å²) in [6.45, 7) is 7.51. The molecule has 0 fully saturated rings. The van der Waals surface area contributed by atoms with Gasteiger partial charge in [-0.05, 0) is 0 Å². The molecule has 196 valence electrons. The topological polar surface area (TPSA) is 248 Å². The number of benzene rings is 3. The van der Waals surface area contributed by atoms with Crippen LogP contribution < -0.4 is 0 Å². The maximum atomic E-state index is 14.5. The summed E-state index contributed by atoms with van der Waals surface area (Å²) in [4.78, 5) is 27.9. The van der Waals surface area contributed by atoms with Gasteiger partial charge in [0, 0.05) is 0 Å². The zero-order chi connectivity index (χ0) is 31.4. The van der Waals surface area contributed by atoms with Crippen LogP contribution in [0.4, 0.5) is 14.5 Å². The van der Waals surface area contributed by atoms with Gasteiger partial charge in [-0.3, -0.25) is 0 Å². The number of aromatic nitrogens is 6. The van der Waals surface area contributed by atoms with E-state index in [1.807, 2.05) is 0 Å². The maximum Gasteiger partial charge on any atom is 0.269 e. The second-order valence-corrected chi connectivity index (χ2v) is 8.61. The molecule has 0 unspecified atom stereocenters. The van der Waals surface area contributed by atoms with Crippen LogP contribution in [0.25, 0.3) is 60.0 Å². The average molecular weight is 570 g/mol. The zero-order valence-corrected chi connectivity index (χ0v) is 21.0. The molecular formula is C28F2N14. The maximum absolute atomic E-state index is 14.5. The Bertz CT molecular complexity index is 2590. The van der Waals surface area contributed by atoms with Crippen LogP contribution in [-0.4, -0.2) is 29.9 Å². The molecule has 0 aliphatic carbocycles. The molecule has 0 saturated carbocycles. The fraction of sp³-hybridized carbons (Fsp3) is 0. The van der Waals surface area contributed by atoms with E-state index in [-0.39, 0.29) is 44.1 Å². The first-order valence-corrected chi connectivity index (χ1v) is 11.6. The number of hydrogen-bond acceptors (Lipinski definition) is 13. The molecule has 6 rings (SSSR count). The van der Waals surface area contributed by atoms with Crippen LogP contribution in [0.2, 0.25) is 0 Å². The molecule has 16 heteroatoms. The predicted molar refractivity (Wildman–Crippen MR) is 140 cm³/mol. The second-order valence-electron chi connectivity index (χ2n) is 8.61. The van der Waals surface area contributed by atoms with Gasteiger partial charge < -0.3 is 0 Å². The van der Waals surface area contributed by atoms with Crippen molar-refractivity contribution in [2.24, 2.45) is 0 Å². The lowest BCUT2D eigenvalue weighted by molar-refractivity contribution is 0.459. The van der Waals surface area contributed by atoms with Crippen molar-refractivity contribution >= 4 is 60.9 Å². The molecule has 0 amide bonds. The first-order valence-electron chi connectivity index (χ1n) is 11.6. The molecule has 44 heavy (non-hydrogen) atoms. The highest BCUT2D eigenvalue weighted by molar-refractivity contribution is 6.21. The van der Waals surface area contributed by atoms with E-state index in [4.69, 9.17) is 6.57 Å². The Morgan fingerprint density at radius 2 is 0.659 bits per heavy atom. The third kappa shape index (κ3) is 3.17. The van der Waals surface area contributed by atoms with Crippen molar-refractivity contribution in [1.29, 1.82) is 36.8 Å². The van der Waals surface area contributed by atoms with Crippen molar-refractivity contribution in [3.05, 3.63) is 62.3 Å². The quantitative estimate of drug-likeness (QED) is 0.143. The number of halogens is 2. The number of fused-ring (bicyclic) bond motifs is 8. The molecule has 0 atom stereocenters. The molecule has 3 aromatic carbocycles. The van der Waals surface area contributed by atoms with Crippen LogP contribution in [0, 0.1) is 97.8 Å². The molecule has 0 aliphatic rings. The van der Waals surface area contributed by atoms with Crippen LogP contribution in [0.15, 0.2) is 0 Å². The third-order valence-corrected chi connectivity index (χ3v) is 6.59.